The molecule has 0 spiro atoms. The lowest BCUT2D eigenvalue weighted by molar-refractivity contribution is -0.128. The number of carbonyl (C=O) groups excluding carboxylic acids is 1. The van der Waals surface area contributed by atoms with Gasteiger partial charge in [-0.15, -0.1) is 0 Å². The second-order valence-electron chi connectivity index (χ2n) is 12.4. The van der Waals surface area contributed by atoms with Gasteiger partial charge in [-0.3, -0.25) is 19.7 Å². The first-order valence-corrected chi connectivity index (χ1v) is 16.8. The summed E-state index contributed by atoms with van der Waals surface area (Å²) in [5.74, 6) is 0.146. The van der Waals surface area contributed by atoms with E-state index in [1.54, 1.807) is 47.4 Å². The van der Waals surface area contributed by atoms with Gasteiger partial charge in [0.2, 0.25) is 5.91 Å². The number of fused-ring (bicyclic) bond motifs is 5. The summed E-state index contributed by atoms with van der Waals surface area (Å²) < 4.78 is 22.8. The number of halogens is 2. The third-order valence-corrected chi connectivity index (χ3v) is 9.29. The van der Waals surface area contributed by atoms with Crippen LogP contribution in [-0.2, 0) is 16.0 Å². The maximum atomic E-state index is 16.6. The molecule has 254 valence electrons. The van der Waals surface area contributed by atoms with Crippen LogP contribution in [0, 0.1) is 5.82 Å². The van der Waals surface area contributed by atoms with Crippen LogP contribution >= 0.6 is 11.6 Å². The lowest BCUT2D eigenvalue weighted by Gasteiger charge is -2.42. The molecule has 1 aromatic carbocycles. The predicted molar refractivity (Wildman–Crippen MR) is 189 cm³/mol. The third-order valence-electron chi connectivity index (χ3n) is 9.05. The number of aliphatic imine (C=N–C) groups is 1. The Morgan fingerprint density at radius 2 is 2.02 bits per heavy atom. The molecule has 3 aromatic rings. The Labute approximate surface area is 287 Å². The number of hydrogen-bond donors (Lipinski definition) is 1. The lowest BCUT2D eigenvalue weighted by atomic mass is 9.92. The summed E-state index contributed by atoms with van der Waals surface area (Å²) in [6, 6.07) is 8.49. The van der Waals surface area contributed by atoms with Crippen molar-refractivity contribution in [1.82, 2.24) is 19.8 Å². The maximum Gasteiger partial charge on any atom is 0.246 e. The molecule has 4 heterocycles. The maximum absolute atomic E-state index is 16.6. The number of aliphatic hydroxyl groups is 1. The zero-order chi connectivity index (χ0) is 34.7. The molecule has 5 rings (SSSR count). The zero-order valence-electron chi connectivity index (χ0n) is 28.3. The van der Waals surface area contributed by atoms with Crippen molar-refractivity contribution in [3.8, 4) is 11.3 Å². The van der Waals surface area contributed by atoms with Crippen molar-refractivity contribution in [1.29, 1.82) is 0 Å². The van der Waals surface area contributed by atoms with Gasteiger partial charge in [-0.25, -0.2) is 9.37 Å². The zero-order valence-corrected chi connectivity index (χ0v) is 29.0. The number of benzene rings is 1. The van der Waals surface area contributed by atoms with Gasteiger partial charge in [-0.05, 0) is 68.5 Å². The Bertz CT molecular complexity index is 1730. The van der Waals surface area contributed by atoms with Gasteiger partial charge in [0.1, 0.15) is 29.3 Å². The highest BCUT2D eigenvalue weighted by atomic mass is 35.5. The molecule has 0 radical (unpaired) electrons. The number of anilines is 2. The standard InChI is InChI=1S/C37H44ClFN6O3/c1-8-31(46)43-17-18-45(23(6)21-43)36(40-7)28-20-29(39)33-27-19-25(38)13-11-24(27)12-14-30(48-10-3)35(47)26-15-16-41-32(22(4)5)34(26)44(9-2)37(28)42-33/h8-9,11,13,15-16,19-20,22-23,30,35,47H,1-2,10,12,14,17-18,21H2,3-7H3/b40-36+. The Hall–Kier alpha value is -4.12. The molecule has 11 heteroatoms. The smallest absolute Gasteiger partial charge is 0.246 e. The van der Waals surface area contributed by atoms with Gasteiger partial charge in [0.05, 0.1) is 23.0 Å². The molecule has 1 saturated heterocycles. The van der Waals surface area contributed by atoms with Crippen molar-refractivity contribution in [2.45, 2.75) is 64.7 Å². The molecule has 2 aliphatic rings. The van der Waals surface area contributed by atoms with Crippen molar-refractivity contribution in [2.24, 2.45) is 4.99 Å². The number of aryl methyl sites for hydroxylation is 1. The van der Waals surface area contributed by atoms with Crippen LogP contribution < -0.4 is 4.90 Å². The average molecular weight is 675 g/mol. The first-order valence-electron chi connectivity index (χ1n) is 16.4. The van der Waals surface area contributed by atoms with Crippen LogP contribution in [0.25, 0.3) is 11.3 Å². The summed E-state index contributed by atoms with van der Waals surface area (Å²) in [5.41, 5.74) is 3.85. The van der Waals surface area contributed by atoms with Crippen LogP contribution in [0.2, 0.25) is 5.02 Å². The molecule has 2 bridgehead atoms. The van der Waals surface area contributed by atoms with E-state index in [9.17, 15) is 9.90 Å². The minimum Gasteiger partial charge on any atom is -0.386 e. The molecular formula is C37H44ClFN6O3. The molecule has 1 amide bonds. The molecular weight excluding hydrogens is 631 g/mol. The summed E-state index contributed by atoms with van der Waals surface area (Å²) in [4.78, 5) is 32.5. The quantitative estimate of drug-likeness (QED) is 0.174. The topological polar surface area (TPSA) is 94.4 Å². The number of rotatable bonds is 6. The van der Waals surface area contributed by atoms with E-state index in [2.05, 4.69) is 18.1 Å². The first kappa shape index (κ1) is 35.2. The van der Waals surface area contributed by atoms with Crippen LogP contribution in [0.15, 0.2) is 67.0 Å². The summed E-state index contributed by atoms with van der Waals surface area (Å²) >= 11 is 6.50. The molecule has 2 aliphatic heterocycles. The SMILES string of the molecule is C=CC(=O)N1CCN(/C(=N/C)c2cc(F)c3nc2N(C=C)c2c(ccnc2C(C)C)C(O)C(OCC)CCc2ccc(Cl)cc2-3)C(C)C1. The van der Waals surface area contributed by atoms with Gasteiger partial charge < -0.3 is 19.6 Å². The van der Waals surface area contributed by atoms with E-state index >= 15 is 4.39 Å². The number of pyridine rings is 2. The Kier molecular flexibility index (Phi) is 11.0. The highest BCUT2D eigenvalue weighted by Crippen LogP contribution is 2.43. The van der Waals surface area contributed by atoms with Gasteiger partial charge >= 0.3 is 0 Å². The van der Waals surface area contributed by atoms with E-state index in [0.29, 0.717) is 83.8 Å². The number of ether oxygens (including phenoxy) is 1. The number of aliphatic hydroxyl groups excluding tert-OH is 1. The molecule has 48 heavy (non-hydrogen) atoms. The minimum atomic E-state index is -1.02. The van der Waals surface area contributed by atoms with E-state index in [4.69, 9.17) is 31.3 Å². The van der Waals surface area contributed by atoms with Gasteiger partial charge in [-0.2, -0.15) is 0 Å². The monoisotopic (exact) mass is 674 g/mol. The van der Waals surface area contributed by atoms with Crippen molar-refractivity contribution >= 4 is 34.8 Å². The van der Waals surface area contributed by atoms with Gasteiger partial charge in [0.15, 0.2) is 0 Å². The molecule has 9 nitrogen and oxygen atoms in total. The number of piperazine rings is 1. The van der Waals surface area contributed by atoms with Crippen LogP contribution in [0.4, 0.5) is 15.9 Å². The van der Waals surface area contributed by atoms with E-state index in [1.807, 2.05) is 33.8 Å². The lowest BCUT2D eigenvalue weighted by Crippen LogP contribution is -2.55. The Balaban J connectivity index is 1.81. The van der Waals surface area contributed by atoms with E-state index in [-0.39, 0.29) is 23.6 Å². The van der Waals surface area contributed by atoms with Gasteiger partial charge in [-0.1, -0.05) is 44.7 Å². The Morgan fingerprint density at radius 3 is 2.67 bits per heavy atom. The van der Waals surface area contributed by atoms with E-state index in [0.717, 1.165) is 5.56 Å². The van der Waals surface area contributed by atoms with Crippen molar-refractivity contribution in [2.75, 3.05) is 38.2 Å². The van der Waals surface area contributed by atoms with Crippen molar-refractivity contribution < 1.29 is 19.0 Å². The molecule has 0 saturated carbocycles. The molecule has 2 aromatic heterocycles. The fourth-order valence-corrected chi connectivity index (χ4v) is 6.92. The van der Waals surface area contributed by atoms with Crippen LogP contribution in [0.3, 0.4) is 0 Å². The predicted octanol–water partition coefficient (Wildman–Crippen LogP) is 6.82. The largest absolute Gasteiger partial charge is 0.386 e. The highest BCUT2D eigenvalue weighted by molar-refractivity contribution is 6.30. The summed E-state index contributed by atoms with van der Waals surface area (Å²) in [5, 5.41) is 12.5. The van der Waals surface area contributed by atoms with Crippen LogP contribution in [0.1, 0.15) is 68.5 Å². The van der Waals surface area contributed by atoms with E-state index in [1.165, 1.54) is 12.1 Å². The molecule has 3 unspecified atom stereocenters. The first-order chi connectivity index (χ1) is 23.0. The highest BCUT2D eigenvalue weighted by Gasteiger charge is 2.35. The minimum absolute atomic E-state index is 0.0502. The fraction of sp³-hybridized carbons (Fsp3) is 0.405. The number of nitrogens with zero attached hydrogens (tertiary/aromatic N) is 6. The van der Waals surface area contributed by atoms with Gasteiger partial charge in [0, 0.05) is 67.9 Å². The number of amides is 1. The number of amidine groups is 1. The fourth-order valence-electron chi connectivity index (χ4n) is 6.75. The third kappa shape index (κ3) is 6.74. The number of aromatic nitrogens is 2. The molecule has 3 atom stereocenters. The van der Waals surface area contributed by atoms with Crippen molar-refractivity contribution in [3.05, 3.63) is 95.2 Å². The van der Waals surface area contributed by atoms with Crippen LogP contribution in [-0.4, -0.2) is 82.1 Å². The van der Waals surface area contributed by atoms with Crippen molar-refractivity contribution in [3.63, 3.8) is 0 Å². The van der Waals surface area contributed by atoms with Gasteiger partial charge in [0.25, 0.3) is 0 Å². The summed E-state index contributed by atoms with van der Waals surface area (Å²) in [6.45, 7) is 17.5. The summed E-state index contributed by atoms with van der Waals surface area (Å²) in [6.07, 6.45) is 4.00. The second-order valence-corrected chi connectivity index (χ2v) is 12.8. The molecule has 0 aliphatic carbocycles. The Morgan fingerprint density at radius 1 is 1.25 bits per heavy atom. The van der Waals surface area contributed by atoms with Crippen LogP contribution in [0.5, 0.6) is 0 Å². The normalized spacial score (nSPS) is 20.1. The van der Waals surface area contributed by atoms with E-state index < -0.39 is 18.0 Å². The molecule has 1 fully saturated rings. The average Bonchev–Trinajstić information content (AvgIpc) is 3.07. The number of hydrogen-bond acceptors (Lipinski definition) is 7. The second kappa shape index (κ2) is 15.0. The molecule has 1 N–H and O–H groups in total. The summed E-state index contributed by atoms with van der Waals surface area (Å²) in [7, 11) is 1.66. The number of carbonyl (C=O) groups is 1.